The van der Waals surface area contributed by atoms with Gasteiger partial charge in [0, 0.05) is 115 Å². The van der Waals surface area contributed by atoms with Crippen LogP contribution in [0.3, 0.4) is 0 Å². The summed E-state index contributed by atoms with van der Waals surface area (Å²) in [5, 5.41) is 12.7. The van der Waals surface area contributed by atoms with Crippen molar-refractivity contribution in [3.8, 4) is 0 Å². The van der Waals surface area contributed by atoms with Crippen LogP contribution in [0.15, 0.2) is 297 Å². The van der Waals surface area contributed by atoms with Crippen molar-refractivity contribution in [3.05, 3.63) is 314 Å². The number of hydrogen-bond acceptors (Lipinski definition) is 10. The summed E-state index contributed by atoms with van der Waals surface area (Å²) >= 11 is 0. The van der Waals surface area contributed by atoms with Gasteiger partial charge in [-0.15, -0.1) is 13.3 Å². The van der Waals surface area contributed by atoms with Crippen LogP contribution in [0.4, 0.5) is 55.1 Å². The number of fused-ring (bicyclic) bond motifs is 6. The van der Waals surface area contributed by atoms with Gasteiger partial charge in [-0.25, -0.2) is 9.59 Å². The molecule has 0 bridgehead atoms. The van der Waals surface area contributed by atoms with Crippen molar-refractivity contribution >= 4 is 114 Å². The zero-order chi connectivity index (χ0) is 62.9. The third kappa shape index (κ3) is 13.8. The predicted molar refractivity (Wildman–Crippen MR) is 370 cm³/mol. The number of para-hydroxylation sites is 8. The van der Waals surface area contributed by atoms with Crippen molar-refractivity contribution in [2.45, 2.75) is 0 Å². The molecule has 0 saturated heterocycles. The second kappa shape index (κ2) is 29.7. The molecule has 10 aromatic carbocycles. The molecule has 0 radical (unpaired) electrons. The fraction of sp³-hybridized carbons (Fsp3) is 0.0789. The maximum Gasteiger partial charge on any atom is 0.325 e. The molecule has 0 saturated carbocycles. The molecule has 0 N–H and O–H groups in total. The zero-order valence-electron chi connectivity index (χ0n) is 51.6. The summed E-state index contributed by atoms with van der Waals surface area (Å²) in [6, 6.07) is 89.8. The molecule has 476 valence electrons. The number of benzene rings is 10. The van der Waals surface area contributed by atoms with Crippen molar-refractivity contribution in [3.63, 3.8) is 0 Å². The molecule has 12 aromatic rings. The van der Waals surface area contributed by atoms with E-state index in [1.165, 1.54) is 0 Å². The molecule has 4 aliphatic heterocycles. The van der Waals surface area contributed by atoms with Crippen molar-refractivity contribution in [2.75, 3.05) is 60.9 Å². The molecule has 0 spiro atoms. The number of urea groups is 2. The first-order valence-electron chi connectivity index (χ1n) is 29.9. The van der Waals surface area contributed by atoms with Crippen molar-refractivity contribution in [2.24, 2.45) is 9.98 Å². The number of nitrogens with zero attached hydrogens (tertiary/aromatic N) is 12. The molecule has 94 heavy (non-hydrogen) atoms. The normalized spacial score (nSPS) is 14.4. The van der Waals surface area contributed by atoms with Crippen molar-refractivity contribution in [1.29, 1.82) is 0 Å². The first kappa shape index (κ1) is 64.9. The Hall–Kier alpha value is -10.7. The minimum Gasteiger partial charge on any atom is -0.514 e. The number of furan rings is 2. The van der Waals surface area contributed by atoms with E-state index in [9.17, 15) is 9.59 Å². The van der Waals surface area contributed by atoms with Crippen LogP contribution in [0.1, 0.15) is 0 Å². The number of amides is 4. The van der Waals surface area contributed by atoms with E-state index in [0.717, 1.165) is 112 Å². The number of aliphatic imine (C=N–C) groups is 2. The molecule has 4 aliphatic rings. The molecule has 0 atom stereocenters. The second-order valence-electron chi connectivity index (χ2n) is 21.7. The van der Waals surface area contributed by atoms with Gasteiger partial charge >= 0.3 is 12.1 Å². The maximum absolute atomic E-state index is 12.7. The molecule has 2 aromatic heterocycles. The van der Waals surface area contributed by atoms with E-state index in [2.05, 4.69) is 64.5 Å². The molecule has 6 heterocycles. The number of hydrogen-bond donors (Lipinski definition) is 0. The summed E-state index contributed by atoms with van der Waals surface area (Å²) in [5.74, 6) is 1.69. The van der Waals surface area contributed by atoms with E-state index in [1.54, 1.807) is 32.3 Å². The largest absolute Gasteiger partial charge is 0.514 e. The van der Waals surface area contributed by atoms with Gasteiger partial charge in [0.2, 0.25) is 0 Å². The molecule has 0 aliphatic carbocycles. The van der Waals surface area contributed by atoms with Gasteiger partial charge in [-0.2, -0.15) is 36.4 Å². The van der Waals surface area contributed by atoms with Crippen LogP contribution in [0, 0.1) is 25.5 Å². The van der Waals surface area contributed by atoms with Crippen LogP contribution in [-0.2, 0) is 42.1 Å². The summed E-state index contributed by atoms with van der Waals surface area (Å²) in [6.07, 6.45) is 3.15. The van der Waals surface area contributed by atoms with Gasteiger partial charge in [0.15, 0.2) is 0 Å². The predicted octanol–water partition coefficient (Wildman–Crippen LogP) is 18.1. The SMILES string of the molecule is C(=Nc1ccccc1)[N-]c1ccccc1.C(=Nc1ccccc1)[N-]c1ccccc1.CN1CC2=C(N(C)C1=O)N(c1ccccc1)[CH-]N2c1[c-]ccc2c1oc1ccccc12.CN1CC2=C(N(C)C1=O)N(c1ccccc1)[CH-]N2c1[c-]ccc2c1oc1ccccc12.[Pt].[Pt]. The molecular formula is C76H62N12O4Pt2-6. The molecule has 0 unspecified atom stereocenters. The Bertz CT molecular complexity index is 4390. The fourth-order valence-corrected chi connectivity index (χ4v) is 11.3. The number of likely N-dealkylation sites (N-methyl/N-ethyl adjacent to an activating group) is 2. The molecule has 18 heteroatoms. The fourth-order valence-electron chi connectivity index (χ4n) is 11.3. The summed E-state index contributed by atoms with van der Waals surface area (Å²) in [5.41, 5.74) is 12.5. The number of carbonyl (C=O) groups is 2. The second-order valence-corrected chi connectivity index (χ2v) is 21.7. The Morgan fingerprint density at radius 1 is 0.404 bits per heavy atom. The van der Waals surface area contributed by atoms with E-state index in [4.69, 9.17) is 8.83 Å². The van der Waals surface area contributed by atoms with Crippen LogP contribution in [0.2, 0.25) is 0 Å². The molecular weight excluding hydrogens is 1540 g/mol. The molecule has 0 fully saturated rings. The van der Waals surface area contributed by atoms with Gasteiger partial charge in [0.25, 0.3) is 0 Å². The summed E-state index contributed by atoms with van der Waals surface area (Å²) < 4.78 is 12.5. The molecule has 4 amide bonds. The first-order chi connectivity index (χ1) is 45.2. The van der Waals surface area contributed by atoms with E-state index in [0.29, 0.717) is 13.1 Å². The quantitative estimate of drug-likeness (QED) is 0.0749. The zero-order valence-corrected chi connectivity index (χ0v) is 56.1. The van der Waals surface area contributed by atoms with Gasteiger partial charge in [-0.1, -0.05) is 229 Å². The number of anilines is 4. The van der Waals surface area contributed by atoms with E-state index in [-0.39, 0.29) is 54.2 Å². The molecule has 16 nitrogen and oxygen atoms in total. The Morgan fingerprint density at radius 2 is 0.734 bits per heavy atom. The average Bonchev–Trinajstić information content (AvgIpc) is 1.58. The molecule has 16 rings (SSSR count). The number of rotatable bonds is 10. The summed E-state index contributed by atoms with van der Waals surface area (Å²) in [4.78, 5) is 49.0. The van der Waals surface area contributed by atoms with E-state index in [1.807, 2.05) is 284 Å². The summed E-state index contributed by atoms with van der Waals surface area (Å²) in [6.45, 7) is 5.01. The first-order valence-corrected chi connectivity index (χ1v) is 29.9. The monoisotopic (exact) mass is 1600 g/mol. The minimum atomic E-state index is -0.0409. The Morgan fingerprint density at radius 3 is 1.11 bits per heavy atom. The third-order valence-electron chi connectivity index (χ3n) is 15.7. The van der Waals surface area contributed by atoms with Crippen LogP contribution >= 0.6 is 0 Å². The third-order valence-corrected chi connectivity index (χ3v) is 15.7. The minimum absolute atomic E-state index is 0. The van der Waals surface area contributed by atoms with Crippen LogP contribution < -0.4 is 19.6 Å². The Balaban J connectivity index is 0.000000134. The maximum atomic E-state index is 12.7. The van der Waals surface area contributed by atoms with Gasteiger partial charge in [0.1, 0.15) is 22.8 Å². The van der Waals surface area contributed by atoms with Crippen LogP contribution in [-0.4, -0.2) is 85.6 Å². The van der Waals surface area contributed by atoms with Gasteiger partial charge in [0.05, 0.1) is 13.1 Å². The Labute approximate surface area is 575 Å². The van der Waals surface area contributed by atoms with Gasteiger partial charge in [-0.3, -0.25) is 9.80 Å². The number of carbonyl (C=O) groups excluding carboxylic acids is 2. The van der Waals surface area contributed by atoms with E-state index >= 15 is 0 Å². The smallest absolute Gasteiger partial charge is 0.325 e. The van der Waals surface area contributed by atoms with Crippen LogP contribution in [0.5, 0.6) is 0 Å². The van der Waals surface area contributed by atoms with E-state index < -0.39 is 0 Å². The van der Waals surface area contributed by atoms with Crippen LogP contribution in [0.25, 0.3) is 54.5 Å². The van der Waals surface area contributed by atoms with Crippen molar-refractivity contribution < 1.29 is 60.6 Å². The van der Waals surface area contributed by atoms with Gasteiger partial charge < -0.3 is 58.9 Å². The standard InChI is InChI=1S/2C25H20N4O2.2C13H11N2.2Pt/c2*1-26-15-21-24(27(2)25(26)30)28(17-9-4-3-5-10-17)16-29(21)20-13-8-12-19-18-11-6-7-14-22(18)31-23(19)20;2*1-3-7-12(8-4-1)14-11-15-13-9-5-2-6-10-13;;/h2*3-12,14,16H,15H2,1-2H3;2*1-11H;;/q2*-2;2*-1;;. The van der Waals surface area contributed by atoms with Gasteiger partial charge in [-0.05, 0) is 59.1 Å². The topological polar surface area (TPSA) is 139 Å². The van der Waals surface area contributed by atoms with Crippen molar-refractivity contribution in [1.82, 2.24) is 19.6 Å². The average molecular weight is 1600 g/mol. The summed E-state index contributed by atoms with van der Waals surface area (Å²) in [7, 11) is 7.26. The Kier molecular flexibility index (Phi) is 20.5.